The maximum atomic E-state index is 5.92. The van der Waals surface area contributed by atoms with E-state index in [2.05, 4.69) is 24.1 Å². The lowest BCUT2D eigenvalue weighted by molar-refractivity contribution is 0.0842. The summed E-state index contributed by atoms with van der Waals surface area (Å²) in [6.45, 7) is 2.82. The van der Waals surface area contributed by atoms with E-state index < -0.39 is 0 Å². The van der Waals surface area contributed by atoms with Gasteiger partial charge in [-0.3, -0.25) is 0 Å². The number of benzene rings is 1. The molecule has 1 fully saturated rings. The largest absolute Gasteiger partial charge is 0.496 e. The molecule has 0 aromatic heterocycles. The van der Waals surface area contributed by atoms with Crippen molar-refractivity contribution in [3.05, 3.63) is 29.8 Å². The molecule has 18 heavy (non-hydrogen) atoms. The Morgan fingerprint density at radius 1 is 1.33 bits per heavy atom. The lowest BCUT2D eigenvalue weighted by atomic mass is 9.68. The van der Waals surface area contributed by atoms with Crippen molar-refractivity contribution in [1.29, 1.82) is 0 Å². The van der Waals surface area contributed by atoms with Crippen LogP contribution in [0.25, 0.3) is 0 Å². The summed E-state index contributed by atoms with van der Waals surface area (Å²) in [5.74, 6) is 0.972. The average molecular weight is 248 g/mol. The molecule has 0 aliphatic heterocycles. The van der Waals surface area contributed by atoms with Crippen LogP contribution in [0.5, 0.6) is 5.75 Å². The first kappa shape index (κ1) is 13.4. The Labute approximate surface area is 110 Å². The van der Waals surface area contributed by atoms with Crippen LogP contribution in [-0.4, -0.2) is 32.1 Å². The molecule has 100 valence electrons. The zero-order valence-corrected chi connectivity index (χ0v) is 11.5. The highest BCUT2D eigenvalue weighted by molar-refractivity contribution is 5.33. The molecule has 0 spiro atoms. The average Bonchev–Trinajstić information content (AvgIpc) is 2.34. The Hall–Kier alpha value is -1.06. The minimum atomic E-state index is 0.372. The van der Waals surface area contributed by atoms with E-state index in [-0.39, 0.29) is 0 Å². The van der Waals surface area contributed by atoms with Gasteiger partial charge >= 0.3 is 0 Å². The van der Waals surface area contributed by atoms with E-state index in [4.69, 9.17) is 10.5 Å². The van der Waals surface area contributed by atoms with Gasteiger partial charge in [-0.1, -0.05) is 24.6 Å². The monoisotopic (exact) mass is 248 g/mol. The Kier molecular flexibility index (Phi) is 4.25. The molecule has 0 amide bonds. The molecule has 0 heterocycles. The van der Waals surface area contributed by atoms with Gasteiger partial charge in [0.05, 0.1) is 7.11 Å². The van der Waals surface area contributed by atoms with Gasteiger partial charge in [-0.05, 0) is 37.9 Å². The van der Waals surface area contributed by atoms with Gasteiger partial charge in [0.15, 0.2) is 0 Å². The van der Waals surface area contributed by atoms with E-state index in [1.807, 2.05) is 12.1 Å². The van der Waals surface area contributed by atoms with Crippen molar-refractivity contribution in [3.63, 3.8) is 0 Å². The number of para-hydroxylation sites is 1. The fraction of sp³-hybridized carbons (Fsp3) is 0.600. The maximum absolute atomic E-state index is 5.92. The van der Waals surface area contributed by atoms with E-state index in [0.29, 0.717) is 5.41 Å². The van der Waals surface area contributed by atoms with Crippen LogP contribution < -0.4 is 10.5 Å². The SMILES string of the molecule is COc1ccccc1CN(C)CC1(CN)CCC1. The zero-order valence-electron chi connectivity index (χ0n) is 11.5. The normalized spacial score (nSPS) is 17.6. The number of methoxy groups -OCH3 is 1. The summed E-state index contributed by atoms with van der Waals surface area (Å²) in [5, 5.41) is 0. The molecule has 1 aromatic carbocycles. The number of hydrogen-bond acceptors (Lipinski definition) is 3. The van der Waals surface area contributed by atoms with Crippen LogP contribution in [0.4, 0.5) is 0 Å². The summed E-state index contributed by atoms with van der Waals surface area (Å²) in [7, 11) is 3.90. The molecule has 3 nitrogen and oxygen atoms in total. The van der Waals surface area contributed by atoms with Crippen molar-refractivity contribution in [2.75, 3.05) is 27.2 Å². The summed E-state index contributed by atoms with van der Waals surface area (Å²) < 4.78 is 5.39. The predicted octanol–water partition coefficient (Wildman–Crippen LogP) is 2.26. The Morgan fingerprint density at radius 2 is 2.06 bits per heavy atom. The van der Waals surface area contributed by atoms with E-state index >= 15 is 0 Å². The Balaban J connectivity index is 1.96. The number of ether oxygens (including phenoxy) is 1. The Bertz CT molecular complexity index is 382. The van der Waals surface area contributed by atoms with Gasteiger partial charge in [-0.25, -0.2) is 0 Å². The molecular weight excluding hydrogens is 224 g/mol. The summed E-state index contributed by atoms with van der Waals surface area (Å²) in [6, 6.07) is 8.22. The van der Waals surface area contributed by atoms with E-state index in [9.17, 15) is 0 Å². The zero-order chi connectivity index (χ0) is 13.0. The van der Waals surface area contributed by atoms with Gasteiger partial charge < -0.3 is 15.4 Å². The molecule has 3 heteroatoms. The fourth-order valence-electron chi connectivity index (χ4n) is 2.86. The van der Waals surface area contributed by atoms with E-state index in [0.717, 1.165) is 25.4 Å². The van der Waals surface area contributed by atoms with Crippen LogP contribution in [0.3, 0.4) is 0 Å². The predicted molar refractivity (Wildman–Crippen MR) is 74.7 cm³/mol. The number of nitrogens with two attached hydrogens (primary N) is 1. The highest BCUT2D eigenvalue weighted by Gasteiger charge is 2.36. The second-order valence-electron chi connectivity index (χ2n) is 5.54. The highest BCUT2D eigenvalue weighted by Crippen LogP contribution is 2.40. The van der Waals surface area contributed by atoms with Gasteiger partial charge in [0.25, 0.3) is 0 Å². The second kappa shape index (κ2) is 5.72. The van der Waals surface area contributed by atoms with Crippen LogP contribution in [0.2, 0.25) is 0 Å². The van der Waals surface area contributed by atoms with Gasteiger partial charge in [-0.2, -0.15) is 0 Å². The van der Waals surface area contributed by atoms with Gasteiger partial charge in [0.1, 0.15) is 5.75 Å². The van der Waals surface area contributed by atoms with E-state index in [1.54, 1.807) is 7.11 Å². The molecular formula is C15H24N2O. The quantitative estimate of drug-likeness (QED) is 0.839. The summed E-state index contributed by atoms with van der Waals surface area (Å²) in [4.78, 5) is 2.36. The molecule has 2 rings (SSSR count). The Morgan fingerprint density at radius 3 is 2.61 bits per heavy atom. The van der Waals surface area contributed by atoms with Crippen molar-refractivity contribution in [3.8, 4) is 5.75 Å². The molecule has 1 saturated carbocycles. The summed E-state index contributed by atoms with van der Waals surface area (Å²) >= 11 is 0. The smallest absolute Gasteiger partial charge is 0.123 e. The standard InChI is InChI=1S/C15H24N2O/c1-17(12-15(11-16)8-5-9-15)10-13-6-3-4-7-14(13)18-2/h3-4,6-7H,5,8-12,16H2,1-2H3. The minimum absolute atomic E-state index is 0.372. The highest BCUT2D eigenvalue weighted by atomic mass is 16.5. The van der Waals surface area contributed by atoms with Crippen LogP contribution in [-0.2, 0) is 6.54 Å². The van der Waals surface area contributed by atoms with Crippen molar-refractivity contribution < 1.29 is 4.74 Å². The van der Waals surface area contributed by atoms with Crippen molar-refractivity contribution in [1.82, 2.24) is 4.90 Å². The summed E-state index contributed by atoms with van der Waals surface area (Å²) in [6.07, 6.45) is 3.89. The maximum Gasteiger partial charge on any atom is 0.123 e. The van der Waals surface area contributed by atoms with Crippen LogP contribution >= 0.6 is 0 Å². The first-order valence-electron chi connectivity index (χ1n) is 6.70. The second-order valence-corrected chi connectivity index (χ2v) is 5.54. The van der Waals surface area contributed by atoms with Crippen molar-refractivity contribution in [2.24, 2.45) is 11.1 Å². The first-order chi connectivity index (χ1) is 8.69. The molecule has 0 radical (unpaired) electrons. The third-order valence-corrected chi connectivity index (χ3v) is 4.09. The lowest BCUT2D eigenvalue weighted by Crippen LogP contribution is -2.45. The minimum Gasteiger partial charge on any atom is -0.496 e. The third-order valence-electron chi connectivity index (χ3n) is 4.09. The van der Waals surface area contributed by atoms with Gasteiger partial charge in [0, 0.05) is 18.7 Å². The molecule has 1 aliphatic rings. The molecule has 0 unspecified atom stereocenters. The van der Waals surface area contributed by atoms with Gasteiger partial charge in [0.2, 0.25) is 0 Å². The van der Waals surface area contributed by atoms with Crippen LogP contribution in [0.1, 0.15) is 24.8 Å². The van der Waals surface area contributed by atoms with Crippen LogP contribution in [0.15, 0.2) is 24.3 Å². The molecule has 2 N–H and O–H groups in total. The topological polar surface area (TPSA) is 38.5 Å². The fourth-order valence-corrected chi connectivity index (χ4v) is 2.86. The van der Waals surface area contributed by atoms with Crippen LogP contribution in [0, 0.1) is 5.41 Å². The van der Waals surface area contributed by atoms with Crippen molar-refractivity contribution >= 4 is 0 Å². The number of rotatable bonds is 6. The summed E-state index contributed by atoms with van der Waals surface area (Å²) in [5.41, 5.74) is 7.53. The third kappa shape index (κ3) is 2.85. The van der Waals surface area contributed by atoms with Crippen molar-refractivity contribution in [2.45, 2.75) is 25.8 Å². The lowest BCUT2D eigenvalue weighted by Gasteiger charge is -2.43. The number of nitrogens with zero attached hydrogens (tertiary/aromatic N) is 1. The first-order valence-corrected chi connectivity index (χ1v) is 6.70. The van der Waals surface area contributed by atoms with Gasteiger partial charge in [-0.15, -0.1) is 0 Å². The van der Waals surface area contributed by atoms with E-state index in [1.165, 1.54) is 24.8 Å². The molecule has 1 aliphatic carbocycles. The number of hydrogen-bond donors (Lipinski definition) is 1. The molecule has 0 bridgehead atoms. The molecule has 0 saturated heterocycles. The molecule has 0 atom stereocenters. The molecule has 1 aromatic rings.